The molecule has 0 amide bonds. The normalized spacial score (nSPS) is 16.2. The lowest BCUT2D eigenvalue weighted by molar-refractivity contribution is -0.389. The highest BCUT2D eigenvalue weighted by Gasteiger charge is 2.22. The topological polar surface area (TPSA) is 86.3 Å². The smallest absolute Gasteiger partial charge is 0.258 e. The van der Waals surface area contributed by atoms with Crippen molar-refractivity contribution in [1.29, 1.82) is 0 Å². The van der Waals surface area contributed by atoms with Crippen molar-refractivity contribution < 1.29 is 9.85 Å². The van der Waals surface area contributed by atoms with Gasteiger partial charge in [0.1, 0.15) is 0 Å². The molecule has 101 valence electrons. The van der Waals surface area contributed by atoms with E-state index in [0.717, 1.165) is 25.7 Å². The maximum atomic E-state index is 11.0. The molecule has 1 aliphatic rings. The lowest BCUT2D eigenvalue weighted by atomic mass is 9.84. The summed E-state index contributed by atoms with van der Waals surface area (Å²) in [6.45, 7) is 0. The molecular weight excluding hydrogens is 248 g/mol. The van der Waals surface area contributed by atoms with E-state index in [9.17, 15) is 20.2 Å². The third-order valence-electron chi connectivity index (χ3n) is 3.47. The van der Waals surface area contributed by atoms with Gasteiger partial charge in [-0.05, 0) is 25.2 Å². The van der Waals surface area contributed by atoms with Crippen molar-refractivity contribution in [2.24, 2.45) is 0 Å². The molecule has 0 atom stereocenters. The third kappa shape index (κ3) is 3.27. The molecule has 0 aromatic heterocycles. The maximum absolute atomic E-state index is 11.0. The van der Waals surface area contributed by atoms with Gasteiger partial charge in [0, 0.05) is 23.8 Å². The van der Waals surface area contributed by atoms with Crippen LogP contribution >= 0.6 is 0 Å². The summed E-state index contributed by atoms with van der Waals surface area (Å²) in [5.41, 5.74) is 0.344. The number of nitro groups is 2. The minimum Gasteiger partial charge on any atom is -0.258 e. The molecule has 1 aromatic carbocycles. The number of hydrogen-bond acceptors (Lipinski definition) is 4. The third-order valence-corrected chi connectivity index (χ3v) is 3.47. The van der Waals surface area contributed by atoms with Gasteiger partial charge >= 0.3 is 0 Å². The molecule has 2 rings (SSSR count). The first-order chi connectivity index (χ1) is 9.08. The second-order valence-electron chi connectivity index (χ2n) is 4.81. The number of non-ortho nitro benzene ring substituents is 1. The predicted octanol–water partition coefficient (Wildman–Crippen LogP) is 3.58. The lowest BCUT2D eigenvalue weighted by Crippen LogP contribution is -2.08. The molecule has 19 heavy (non-hydrogen) atoms. The van der Waals surface area contributed by atoms with Gasteiger partial charge in [-0.3, -0.25) is 20.2 Å². The van der Waals surface area contributed by atoms with Gasteiger partial charge in [0.25, 0.3) is 11.4 Å². The van der Waals surface area contributed by atoms with E-state index in [4.69, 9.17) is 0 Å². The summed E-state index contributed by atoms with van der Waals surface area (Å²) in [4.78, 5) is 20.7. The standard InChI is InChI=1S/C13H15N2O4/c16-14(17)12-6-7-13(15(18)19)11(9-12)8-10-4-2-1-3-5-10/h6-7,9H,1-5,8H2. The Kier molecular flexibility index (Phi) is 4.09. The Hall–Kier alpha value is -1.98. The van der Waals surface area contributed by atoms with Gasteiger partial charge < -0.3 is 0 Å². The molecule has 0 N–H and O–H groups in total. The first-order valence-electron chi connectivity index (χ1n) is 6.33. The monoisotopic (exact) mass is 263 g/mol. The van der Waals surface area contributed by atoms with Crippen molar-refractivity contribution in [3.63, 3.8) is 0 Å². The Bertz CT molecular complexity index is 495. The van der Waals surface area contributed by atoms with Gasteiger partial charge in [0.05, 0.1) is 9.85 Å². The highest BCUT2D eigenvalue weighted by molar-refractivity contribution is 5.49. The summed E-state index contributed by atoms with van der Waals surface area (Å²) >= 11 is 0. The molecule has 0 heterocycles. The SMILES string of the molecule is O=[N+]([O-])c1ccc([N+](=O)[O-])c(C[C]2CCCCC2)c1. The van der Waals surface area contributed by atoms with Crippen LogP contribution in [0.2, 0.25) is 0 Å². The molecule has 1 aliphatic carbocycles. The van der Waals surface area contributed by atoms with Crippen molar-refractivity contribution in [3.05, 3.63) is 49.9 Å². The molecule has 0 spiro atoms. The summed E-state index contributed by atoms with van der Waals surface area (Å²) in [5, 5.41) is 21.7. The van der Waals surface area contributed by atoms with Crippen LogP contribution < -0.4 is 0 Å². The van der Waals surface area contributed by atoms with Gasteiger partial charge in [0.15, 0.2) is 0 Å². The van der Waals surface area contributed by atoms with E-state index in [0.29, 0.717) is 12.0 Å². The van der Waals surface area contributed by atoms with Crippen LogP contribution in [0.25, 0.3) is 0 Å². The number of nitrogens with zero attached hydrogens (tertiary/aromatic N) is 2. The fraction of sp³-hybridized carbons (Fsp3) is 0.462. The maximum Gasteiger partial charge on any atom is 0.273 e. The Morgan fingerprint density at radius 2 is 1.68 bits per heavy atom. The van der Waals surface area contributed by atoms with Crippen molar-refractivity contribution >= 4 is 11.4 Å². The number of hydrogen-bond donors (Lipinski definition) is 0. The Morgan fingerprint density at radius 1 is 1.00 bits per heavy atom. The van der Waals surface area contributed by atoms with Crippen LogP contribution in [0.4, 0.5) is 11.4 Å². The Morgan fingerprint density at radius 3 is 2.26 bits per heavy atom. The first kappa shape index (κ1) is 13.5. The van der Waals surface area contributed by atoms with Gasteiger partial charge in [-0.2, -0.15) is 0 Å². The summed E-state index contributed by atoms with van der Waals surface area (Å²) in [7, 11) is 0. The summed E-state index contributed by atoms with van der Waals surface area (Å²) in [6.07, 6.45) is 5.84. The van der Waals surface area contributed by atoms with Gasteiger partial charge in [-0.15, -0.1) is 0 Å². The van der Waals surface area contributed by atoms with Gasteiger partial charge in [-0.25, -0.2) is 0 Å². The van der Waals surface area contributed by atoms with Crippen LogP contribution in [0, 0.1) is 26.1 Å². The second kappa shape index (κ2) is 5.77. The molecule has 1 fully saturated rings. The van der Waals surface area contributed by atoms with Crippen LogP contribution in [0.3, 0.4) is 0 Å². The fourth-order valence-corrected chi connectivity index (χ4v) is 2.50. The van der Waals surface area contributed by atoms with Crippen molar-refractivity contribution in [2.75, 3.05) is 0 Å². The summed E-state index contributed by atoms with van der Waals surface area (Å²) in [5.74, 6) is 1.26. The average molecular weight is 263 g/mol. The summed E-state index contributed by atoms with van der Waals surface area (Å²) in [6, 6.07) is 3.75. The largest absolute Gasteiger partial charge is 0.273 e. The number of nitro benzene ring substituents is 2. The van der Waals surface area contributed by atoms with E-state index in [2.05, 4.69) is 0 Å². The lowest BCUT2D eigenvalue weighted by Gasteiger charge is -2.20. The van der Waals surface area contributed by atoms with E-state index in [1.807, 2.05) is 0 Å². The molecule has 0 bridgehead atoms. The average Bonchev–Trinajstić information content (AvgIpc) is 2.39. The van der Waals surface area contributed by atoms with Crippen molar-refractivity contribution in [3.8, 4) is 0 Å². The van der Waals surface area contributed by atoms with E-state index >= 15 is 0 Å². The molecule has 0 aliphatic heterocycles. The minimum absolute atomic E-state index is 0.0244. The van der Waals surface area contributed by atoms with E-state index in [-0.39, 0.29) is 11.4 Å². The predicted molar refractivity (Wildman–Crippen MR) is 69.8 cm³/mol. The van der Waals surface area contributed by atoms with E-state index in [1.54, 1.807) is 0 Å². The number of rotatable bonds is 4. The second-order valence-corrected chi connectivity index (χ2v) is 4.81. The zero-order valence-electron chi connectivity index (χ0n) is 10.5. The van der Waals surface area contributed by atoms with Crippen molar-refractivity contribution in [1.82, 2.24) is 0 Å². The highest BCUT2D eigenvalue weighted by atomic mass is 16.6. The highest BCUT2D eigenvalue weighted by Crippen LogP contribution is 2.33. The Labute approximate surface area is 110 Å². The molecule has 6 heteroatoms. The van der Waals surface area contributed by atoms with Crippen LogP contribution in [0.15, 0.2) is 18.2 Å². The molecule has 0 saturated heterocycles. The van der Waals surface area contributed by atoms with Crippen LogP contribution in [0.5, 0.6) is 0 Å². The summed E-state index contributed by atoms with van der Waals surface area (Å²) < 4.78 is 0. The zero-order chi connectivity index (χ0) is 13.8. The van der Waals surface area contributed by atoms with Gasteiger partial charge in [0.2, 0.25) is 0 Å². The van der Waals surface area contributed by atoms with Gasteiger partial charge in [-0.1, -0.05) is 19.3 Å². The molecule has 6 nitrogen and oxygen atoms in total. The molecule has 1 aromatic rings. The van der Waals surface area contributed by atoms with Crippen LogP contribution in [-0.4, -0.2) is 9.85 Å². The minimum atomic E-state index is -0.515. The molecule has 1 saturated carbocycles. The van der Waals surface area contributed by atoms with Crippen LogP contribution in [-0.2, 0) is 6.42 Å². The van der Waals surface area contributed by atoms with Crippen LogP contribution in [0.1, 0.15) is 37.7 Å². The Balaban J connectivity index is 2.26. The fourth-order valence-electron chi connectivity index (χ4n) is 2.50. The molecular formula is C13H15N2O4. The molecule has 1 radical (unpaired) electrons. The zero-order valence-corrected chi connectivity index (χ0v) is 10.5. The van der Waals surface area contributed by atoms with Crippen molar-refractivity contribution in [2.45, 2.75) is 38.5 Å². The van der Waals surface area contributed by atoms with E-state index in [1.165, 1.54) is 30.5 Å². The first-order valence-corrected chi connectivity index (χ1v) is 6.33. The molecule has 0 unspecified atom stereocenters. The number of benzene rings is 1. The van der Waals surface area contributed by atoms with E-state index < -0.39 is 9.85 Å². The quantitative estimate of drug-likeness (QED) is 0.613.